The van der Waals surface area contributed by atoms with Crippen LogP contribution in [0.25, 0.3) is 0 Å². The summed E-state index contributed by atoms with van der Waals surface area (Å²) in [6.45, 7) is 7.20. The van der Waals surface area contributed by atoms with Crippen LogP contribution in [0.3, 0.4) is 0 Å². The largest absolute Gasteiger partial charge is 0.379 e. The molecule has 0 saturated carbocycles. The topological polar surface area (TPSA) is 37.4 Å². The van der Waals surface area contributed by atoms with Crippen molar-refractivity contribution >= 4 is 11.3 Å². The highest BCUT2D eigenvalue weighted by molar-refractivity contribution is 7.11. The first-order valence-electron chi connectivity index (χ1n) is 6.69. The fraction of sp³-hybridized carbons (Fsp3) is 0.769. The van der Waals surface area contributed by atoms with Gasteiger partial charge in [-0.1, -0.05) is 0 Å². The molecule has 1 atom stereocenters. The van der Waals surface area contributed by atoms with Crippen molar-refractivity contribution in [3.05, 3.63) is 16.1 Å². The number of likely N-dealkylation sites (N-methyl/N-ethyl adjacent to an activating group) is 1. The van der Waals surface area contributed by atoms with Crippen molar-refractivity contribution in [1.82, 2.24) is 15.2 Å². The second kappa shape index (κ2) is 7.19. The molecule has 0 radical (unpaired) electrons. The molecule has 1 N–H and O–H groups in total. The molecule has 1 unspecified atom stereocenters. The van der Waals surface area contributed by atoms with Crippen molar-refractivity contribution in [3.63, 3.8) is 0 Å². The van der Waals surface area contributed by atoms with Gasteiger partial charge in [-0.15, -0.1) is 11.3 Å². The minimum absolute atomic E-state index is 0.526. The van der Waals surface area contributed by atoms with E-state index in [0.29, 0.717) is 6.04 Å². The van der Waals surface area contributed by atoms with E-state index >= 15 is 0 Å². The molecule has 0 aromatic carbocycles. The maximum atomic E-state index is 5.35. The Hall–Kier alpha value is -0.490. The molecule has 0 amide bonds. The molecular weight excluding hydrogens is 246 g/mol. The van der Waals surface area contributed by atoms with E-state index in [1.54, 1.807) is 0 Å². The Morgan fingerprint density at radius 3 is 3.00 bits per heavy atom. The third-order valence-corrected chi connectivity index (χ3v) is 4.43. The quantitative estimate of drug-likeness (QED) is 0.841. The number of hydrogen-bond donors (Lipinski definition) is 1. The van der Waals surface area contributed by atoms with E-state index in [1.165, 1.54) is 9.88 Å². The van der Waals surface area contributed by atoms with Crippen LogP contribution in [0, 0.1) is 0 Å². The molecule has 0 aliphatic carbocycles. The highest BCUT2D eigenvalue weighted by Crippen LogP contribution is 2.16. The van der Waals surface area contributed by atoms with E-state index in [1.807, 2.05) is 24.6 Å². The Bertz CT molecular complexity index is 350. The lowest BCUT2D eigenvalue weighted by Crippen LogP contribution is -2.37. The summed E-state index contributed by atoms with van der Waals surface area (Å²) >= 11 is 1.86. The predicted molar refractivity (Wildman–Crippen MR) is 75.3 cm³/mol. The highest BCUT2D eigenvalue weighted by Gasteiger charge is 2.11. The van der Waals surface area contributed by atoms with Gasteiger partial charge in [0.1, 0.15) is 0 Å². The van der Waals surface area contributed by atoms with Crippen LogP contribution in [0.1, 0.15) is 16.8 Å². The Balaban J connectivity index is 1.75. The molecule has 2 heterocycles. The predicted octanol–water partition coefficient (Wildman–Crippen LogP) is 1.17. The minimum atomic E-state index is 0.526. The number of nitrogens with one attached hydrogen (secondary N) is 1. The lowest BCUT2D eigenvalue weighted by Gasteiger charge is -2.25. The van der Waals surface area contributed by atoms with Crippen LogP contribution in [0.5, 0.6) is 0 Å². The summed E-state index contributed by atoms with van der Waals surface area (Å²) < 4.78 is 5.35. The van der Waals surface area contributed by atoms with Crippen LogP contribution in [0.2, 0.25) is 0 Å². The summed E-state index contributed by atoms with van der Waals surface area (Å²) in [5, 5.41) is 4.53. The van der Waals surface area contributed by atoms with Gasteiger partial charge in [0, 0.05) is 43.2 Å². The fourth-order valence-electron chi connectivity index (χ4n) is 2.04. The number of nitrogens with zero attached hydrogens (tertiary/aromatic N) is 2. The fourth-order valence-corrected chi connectivity index (χ4v) is 3.08. The molecule has 1 aliphatic rings. The van der Waals surface area contributed by atoms with Crippen LogP contribution >= 0.6 is 11.3 Å². The summed E-state index contributed by atoms with van der Waals surface area (Å²) in [4.78, 5) is 8.36. The van der Waals surface area contributed by atoms with Crippen molar-refractivity contribution in [2.75, 3.05) is 39.9 Å². The van der Waals surface area contributed by atoms with Crippen LogP contribution in [0.15, 0.2) is 6.20 Å². The second-order valence-corrected chi connectivity index (χ2v) is 6.02. The summed E-state index contributed by atoms with van der Waals surface area (Å²) in [6.07, 6.45) is 4.18. The number of morpholine rings is 1. The van der Waals surface area contributed by atoms with Crippen molar-refractivity contribution < 1.29 is 4.74 Å². The average molecular weight is 269 g/mol. The highest BCUT2D eigenvalue weighted by atomic mass is 32.1. The molecule has 4 nitrogen and oxygen atoms in total. The van der Waals surface area contributed by atoms with E-state index in [2.05, 4.69) is 22.1 Å². The lowest BCUT2D eigenvalue weighted by molar-refractivity contribution is 0.0384. The van der Waals surface area contributed by atoms with Crippen molar-refractivity contribution in [3.8, 4) is 0 Å². The molecule has 0 spiro atoms. The zero-order valence-electron chi connectivity index (χ0n) is 11.3. The Labute approximate surface area is 113 Å². The first kappa shape index (κ1) is 13.9. The summed E-state index contributed by atoms with van der Waals surface area (Å²) in [7, 11) is 2.01. The van der Waals surface area contributed by atoms with E-state index in [0.717, 1.165) is 45.7 Å². The Morgan fingerprint density at radius 1 is 1.50 bits per heavy atom. The monoisotopic (exact) mass is 269 g/mol. The molecule has 2 rings (SSSR count). The zero-order chi connectivity index (χ0) is 12.8. The molecule has 18 heavy (non-hydrogen) atoms. The number of rotatable bonds is 6. The van der Waals surface area contributed by atoms with Crippen LogP contribution in [0.4, 0.5) is 0 Å². The van der Waals surface area contributed by atoms with Crippen LogP contribution in [-0.4, -0.2) is 55.8 Å². The summed E-state index contributed by atoms with van der Waals surface area (Å²) in [5.74, 6) is 0. The first-order chi connectivity index (χ1) is 8.78. The first-order valence-corrected chi connectivity index (χ1v) is 7.50. The van der Waals surface area contributed by atoms with Crippen LogP contribution < -0.4 is 5.32 Å². The second-order valence-electron chi connectivity index (χ2n) is 4.82. The lowest BCUT2D eigenvalue weighted by atomic mass is 10.2. The van der Waals surface area contributed by atoms with Gasteiger partial charge in [-0.05, 0) is 20.4 Å². The van der Waals surface area contributed by atoms with E-state index in [9.17, 15) is 0 Å². The molecular formula is C13H23N3OS. The maximum absolute atomic E-state index is 5.35. The van der Waals surface area contributed by atoms with E-state index in [-0.39, 0.29) is 0 Å². The molecule has 1 aliphatic heterocycles. The minimum Gasteiger partial charge on any atom is -0.379 e. The normalized spacial score (nSPS) is 19.0. The molecule has 1 saturated heterocycles. The van der Waals surface area contributed by atoms with Gasteiger partial charge in [0.05, 0.1) is 18.2 Å². The van der Waals surface area contributed by atoms with Gasteiger partial charge in [-0.25, -0.2) is 4.98 Å². The van der Waals surface area contributed by atoms with Gasteiger partial charge in [0.15, 0.2) is 0 Å². The third kappa shape index (κ3) is 4.31. The average Bonchev–Trinajstić information content (AvgIpc) is 2.85. The maximum Gasteiger partial charge on any atom is 0.0940 e. The molecule has 1 aromatic heterocycles. The third-order valence-electron chi connectivity index (χ3n) is 3.35. The van der Waals surface area contributed by atoms with E-state index < -0.39 is 0 Å². The summed E-state index contributed by atoms with van der Waals surface area (Å²) in [5.41, 5.74) is 0. The number of aromatic nitrogens is 1. The molecule has 102 valence electrons. The van der Waals surface area contributed by atoms with Crippen molar-refractivity contribution in [2.45, 2.75) is 25.8 Å². The van der Waals surface area contributed by atoms with Crippen molar-refractivity contribution in [2.24, 2.45) is 0 Å². The summed E-state index contributed by atoms with van der Waals surface area (Å²) in [6, 6.07) is 0.526. The Kier molecular flexibility index (Phi) is 5.56. The van der Waals surface area contributed by atoms with Gasteiger partial charge >= 0.3 is 0 Å². The van der Waals surface area contributed by atoms with Gasteiger partial charge in [0.25, 0.3) is 0 Å². The standard InChI is InChI=1S/C13H23N3OS/c1-11(14-2)9-12-10-15-13(18-12)3-4-16-5-7-17-8-6-16/h10-11,14H,3-9H2,1-2H3. The molecule has 1 aromatic rings. The van der Waals surface area contributed by atoms with E-state index in [4.69, 9.17) is 4.74 Å². The van der Waals surface area contributed by atoms with Gasteiger partial charge < -0.3 is 10.1 Å². The number of hydrogen-bond acceptors (Lipinski definition) is 5. The smallest absolute Gasteiger partial charge is 0.0940 e. The molecule has 5 heteroatoms. The SMILES string of the molecule is CNC(C)Cc1cnc(CCN2CCOCC2)s1. The van der Waals surface area contributed by atoms with Gasteiger partial charge in [-0.2, -0.15) is 0 Å². The zero-order valence-corrected chi connectivity index (χ0v) is 12.1. The van der Waals surface area contributed by atoms with Crippen molar-refractivity contribution in [1.29, 1.82) is 0 Å². The van der Waals surface area contributed by atoms with Gasteiger partial charge in [0.2, 0.25) is 0 Å². The molecule has 0 bridgehead atoms. The number of thiazole rings is 1. The Morgan fingerprint density at radius 2 is 2.28 bits per heavy atom. The number of ether oxygens (including phenoxy) is 1. The van der Waals surface area contributed by atoms with Crippen LogP contribution in [-0.2, 0) is 17.6 Å². The van der Waals surface area contributed by atoms with Gasteiger partial charge in [-0.3, -0.25) is 4.90 Å². The molecule has 1 fully saturated rings.